The Labute approximate surface area is 399 Å². The van der Waals surface area contributed by atoms with E-state index in [4.69, 9.17) is 49.7 Å². The number of hydrogen-bond donors (Lipinski definition) is 4. The van der Waals surface area contributed by atoms with E-state index < -0.39 is 30.1 Å². The molecule has 12 rings (SSSR count). The molecule has 0 unspecified atom stereocenters. The first kappa shape index (κ1) is 45.2. The minimum absolute atomic E-state index is 0.144. The van der Waals surface area contributed by atoms with Crippen LogP contribution in [0.25, 0.3) is 43.9 Å². The first-order valence-electron chi connectivity index (χ1n) is 21.3. The molecular formula is C46H46Br2N10O9. The highest BCUT2D eigenvalue weighted by Gasteiger charge is 2.57. The number of benzene rings is 2. The number of aliphatic hydroxyl groups is 1. The fourth-order valence-electron chi connectivity index (χ4n) is 8.93. The molecule has 19 nitrogen and oxygen atoms in total. The minimum Gasteiger partial charge on any atom is -0.508 e. The number of phenols is 1. The first-order valence-corrected chi connectivity index (χ1v) is 22.9. The monoisotopic (exact) mass is 1040 g/mol. The van der Waals surface area contributed by atoms with Gasteiger partial charge in [-0.3, -0.25) is 9.97 Å². The Hall–Kier alpha value is -5.62. The Balaban J connectivity index is 0.000000133. The van der Waals surface area contributed by atoms with E-state index in [1.807, 2.05) is 97.8 Å². The third kappa shape index (κ3) is 8.75. The van der Waals surface area contributed by atoms with Crippen LogP contribution in [-0.2, 0) is 28.4 Å². The molecule has 6 N–H and O–H groups in total. The van der Waals surface area contributed by atoms with Gasteiger partial charge >= 0.3 is 0 Å². The molecule has 8 aromatic rings. The summed E-state index contributed by atoms with van der Waals surface area (Å²) >= 11 is 7.05. The molecule has 0 saturated carbocycles. The summed E-state index contributed by atoms with van der Waals surface area (Å²) in [6, 6.07) is 18.8. The molecule has 348 valence electrons. The van der Waals surface area contributed by atoms with E-state index >= 15 is 0 Å². The number of halogens is 2. The molecule has 0 amide bonds. The third-order valence-electron chi connectivity index (χ3n) is 11.7. The Bertz CT molecular complexity index is 3120. The zero-order valence-corrected chi connectivity index (χ0v) is 39.7. The average Bonchev–Trinajstić information content (AvgIpc) is 4.14. The van der Waals surface area contributed by atoms with Gasteiger partial charge in [0.25, 0.3) is 0 Å². The maximum Gasteiger partial charge on any atom is 0.165 e. The van der Waals surface area contributed by atoms with Crippen molar-refractivity contribution in [1.82, 2.24) is 39.0 Å². The van der Waals surface area contributed by atoms with Crippen molar-refractivity contribution in [2.75, 3.05) is 24.7 Å². The summed E-state index contributed by atoms with van der Waals surface area (Å²) in [5, 5.41) is 22.2. The van der Waals surface area contributed by atoms with Gasteiger partial charge < -0.3 is 64.0 Å². The third-order valence-corrected chi connectivity index (χ3v) is 12.9. The van der Waals surface area contributed by atoms with Crippen LogP contribution in [0.1, 0.15) is 40.2 Å². The van der Waals surface area contributed by atoms with Crippen molar-refractivity contribution in [3.05, 3.63) is 107 Å². The maximum atomic E-state index is 9.59. The van der Waals surface area contributed by atoms with Gasteiger partial charge in [-0.2, -0.15) is 0 Å². The molecule has 4 saturated heterocycles. The normalized spacial score (nSPS) is 25.7. The summed E-state index contributed by atoms with van der Waals surface area (Å²) in [6.07, 6.45) is 6.98. The van der Waals surface area contributed by atoms with Crippen LogP contribution in [0.3, 0.4) is 0 Å². The number of aromatic hydroxyl groups is 1. The number of aromatic nitrogens is 8. The van der Waals surface area contributed by atoms with Gasteiger partial charge in [-0.15, -0.1) is 0 Å². The predicted molar refractivity (Wildman–Crippen MR) is 252 cm³/mol. The largest absolute Gasteiger partial charge is 0.508 e. The van der Waals surface area contributed by atoms with Crippen LogP contribution in [0.5, 0.6) is 11.5 Å². The van der Waals surface area contributed by atoms with Gasteiger partial charge in [-0.25, -0.2) is 19.9 Å². The molecule has 10 heterocycles. The SMILES string of the molecule is CC1(C)O[C@@H]2[C@H](O1)[C@@H](CO)O[C@H]2n1cc(Br)c2c(N)ncnc21.CC1(C)O[C@@H]2[C@H](O1)[C@@H](COc1ccc3cccnc3c1)O[C@H]2n1cc(Br)c2c(N)ncnc21.Oc1ccc2cccnc2c1. The molecule has 21 heteroatoms. The number of pyridine rings is 2. The minimum atomic E-state index is -0.739. The zero-order chi connectivity index (χ0) is 46.8. The topological polar surface area (TPSA) is 244 Å². The highest BCUT2D eigenvalue weighted by atomic mass is 79.9. The molecule has 4 aliphatic heterocycles. The van der Waals surface area contributed by atoms with E-state index in [2.05, 4.69) is 61.8 Å². The molecule has 8 atom stereocenters. The van der Waals surface area contributed by atoms with Crippen LogP contribution in [0.4, 0.5) is 11.6 Å². The van der Waals surface area contributed by atoms with Crippen molar-refractivity contribution in [3.63, 3.8) is 0 Å². The lowest BCUT2D eigenvalue weighted by atomic mass is 10.1. The molecule has 6 aromatic heterocycles. The van der Waals surface area contributed by atoms with Crippen molar-refractivity contribution >= 4 is 87.4 Å². The predicted octanol–water partition coefficient (Wildman–Crippen LogP) is 6.95. The van der Waals surface area contributed by atoms with Gasteiger partial charge in [-0.05, 0) is 96.0 Å². The van der Waals surface area contributed by atoms with E-state index in [0.717, 1.165) is 47.3 Å². The molecule has 0 aliphatic carbocycles. The Morgan fingerprint density at radius 2 is 1.13 bits per heavy atom. The van der Waals surface area contributed by atoms with Crippen LogP contribution >= 0.6 is 31.9 Å². The summed E-state index contributed by atoms with van der Waals surface area (Å²) < 4.78 is 48.1. The number of nitrogens with two attached hydrogens (primary N) is 2. The average molecular weight is 1040 g/mol. The molecule has 0 bridgehead atoms. The van der Waals surface area contributed by atoms with Crippen LogP contribution in [0, 0.1) is 0 Å². The van der Waals surface area contributed by atoms with Crippen molar-refractivity contribution in [2.45, 2.75) is 88.3 Å². The molecule has 0 spiro atoms. The number of nitrogens with zero attached hydrogens (tertiary/aromatic N) is 8. The fraction of sp³-hybridized carbons (Fsp3) is 0.348. The number of phenolic OH excluding ortho intramolecular Hbond substituents is 1. The molecular weight excluding hydrogens is 996 g/mol. The Morgan fingerprint density at radius 1 is 0.642 bits per heavy atom. The molecule has 67 heavy (non-hydrogen) atoms. The van der Waals surface area contributed by atoms with Crippen molar-refractivity contribution in [2.24, 2.45) is 0 Å². The lowest BCUT2D eigenvalue weighted by molar-refractivity contribution is -0.199. The van der Waals surface area contributed by atoms with E-state index in [9.17, 15) is 5.11 Å². The van der Waals surface area contributed by atoms with Gasteiger partial charge in [0.05, 0.1) is 28.4 Å². The number of rotatable bonds is 6. The van der Waals surface area contributed by atoms with Crippen LogP contribution in [0.2, 0.25) is 0 Å². The number of aliphatic hydroxyl groups excluding tert-OH is 1. The summed E-state index contributed by atoms with van der Waals surface area (Å²) in [7, 11) is 0. The Kier molecular flexibility index (Phi) is 12.0. The quantitative estimate of drug-likeness (QED) is 0.132. The van der Waals surface area contributed by atoms with Gasteiger partial charge in [0.15, 0.2) is 24.0 Å². The van der Waals surface area contributed by atoms with Gasteiger partial charge in [-0.1, -0.05) is 12.1 Å². The van der Waals surface area contributed by atoms with Crippen LogP contribution < -0.4 is 16.2 Å². The van der Waals surface area contributed by atoms with Gasteiger partial charge in [0.2, 0.25) is 0 Å². The second-order valence-corrected chi connectivity index (χ2v) is 18.9. The maximum absolute atomic E-state index is 9.59. The summed E-state index contributed by atoms with van der Waals surface area (Å²) in [4.78, 5) is 25.3. The number of anilines is 2. The highest BCUT2D eigenvalue weighted by Crippen LogP contribution is 2.47. The van der Waals surface area contributed by atoms with Crippen molar-refractivity contribution in [3.8, 4) is 11.5 Å². The van der Waals surface area contributed by atoms with E-state index in [0.29, 0.717) is 29.5 Å². The summed E-state index contributed by atoms with van der Waals surface area (Å²) in [6.45, 7) is 7.65. The molecule has 0 radical (unpaired) electrons. The number of nitrogen functional groups attached to an aromatic ring is 2. The second kappa shape index (κ2) is 17.8. The number of fused-ring (bicyclic) bond motifs is 6. The lowest BCUT2D eigenvalue weighted by Crippen LogP contribution is -2.33. The molecule has 4 fully saturated rings. The van der Waals surface area contributed by atoms with Gasteiger partial charge in [0, 0.05) is 56.6 Å². The summed E-state index contributed by atoms with van der Waals surface area (Å²) in [5.74, 6) is 0.302. The van der Waals surface area contributed by atoms with Crippen LogP contribution in [-0.4, -0.2) is 111 Å². The number of ether oxygens (including phenoxy) is 7. The molecule has 4 aliphatic rings. The number of hydrogen-bond acceptors (Lipinski definition) is 17. The smallest absolute Gasteiger partial charge is 0.165 e. The van der Waals surface area contributed by atoms with Gasteiger partial charge in [0.1, 0.15) is 90.3 Å². The second-order valence-electron chi connectivity index (χ2n) is 17.2. The standard InChI is InChI=1S/C23H22BrN5O4.C14H17BrN4O4.C9H7NO/c1-23(2)32-18-16(10-30-13-6-5-12-4-3-7-26-15(12)8-13)31-22(19(18)33-23)29-9-14(24)17-20(25)27-11-28-21(17)29;1-14(2)22-9-7(4-20)21-13(10(9)23-14)19-3-6(15)8-11(16)17-5-18-12(8)19;11-8-4-3-7-2-1-5-10-9(7)6-8/h3-9,11,16,18-19,22H,10H2,1-2H3,(H2,25,27,28);3,5,7,9-10,13,20H,4H2,1-2H3,(H2,16,17,18);1-6,11H/t16-,18-,19-,22-;7-,9-,10-,13-;/m11./s1. The van der Waals surface area contributed by atoms with E-state index in [1.165, 1.54) is 12.7 Å². The first-order chi connectivity index (χ1) is 32.2. The van der Waals surface area contributed by atoms with E-state index in [-0.39, 0.29) is 42.9 Å². The summed E-state index contributed by atoms with van der Waals surface area (Å²) in [5.41, 5.74) is 15.0. The Morgan fingerprint density at radius 3 is 1.69 bits per heavy atom. The van der Waals surface area contributed by atoms with Crippen molar-refractivity contribution in [1.29, 1.82) is 0 Å². The highest BCUT2D eigenvalue weighted by molar-refractivity contribution is 9.11. The zero-order valence-electron chi connectivity index (χ0n) is 36.5. The molecule has 2 aromatic carbocycles. The van der Waals surface area contributed by atoms with Crippen LogP contribution in [0.15, 0.2) is 107 Å². The lowest BCUT2D eigenvalue weighted by Gasteiger charge is -2.25. The fourth-order valence-corrected chi connectivity index (χ4v) is 10.1. The van der Waals surface area contributed by atoms with E-state index in [1.54, 1.807) is 24.5 Å². The van der Waals surface area contributed by atoms with Crippen molar-refractivity contribution < 1.29 is 43.4 Å².